The molecule has 1 aromatic carbocycles. The highest BCUT2D eigenvalue weighted by Crippen LogP contribution is 2.44. The lowest BCUT2D eigenvalue weighted by Gasteiger charge is -2.35. The van der Waals surface area contributed by atoms with E-state index in [1.807, 2.05) is 6.92 Å². The summed E-state index contributed by atoms with van der Waals surface area (Å²) >= 11 is 6.26. The Morgan fingerprint density at radius 3 is 2.63 bits per heavy atom. The Balaban J connectivity index is 2.27. The molecule has 1 N–H and O–H groups in total. The SMILES string of the molecule is CCOCCCNC(=O)[C@@]1(C)CCC(=O)N1c1cc(Cl)c(OC)cc1OC. The molecule has 2 amide bonds. The summed E-state index contributed by atoms with van der Waals surface area (Å²) in [5.41, 5.74) is -0.564. The lowest BCUT2D eigenvalue weighted by atomic mass is 9.96. The van der Waals surface area contributed by atoms with Gasteiger partial charge in [0.1, 0.15) is 17.0 Å². The smallest absolute Gasteiger partial charge is 0.246 e. The van der Waals surface area contributed by atoms with Gasteiger partial charge in [0, 0.05) is 32.2 Å². The third-order valence-electron chi connectivity index (χ3n) is 4.71. The quantitative estimate of drug-likeness (QED) is 0.647. The van der Waals surface area contributed by atoms with E-state index in [9.17, 15) is 9.59 Å². The second kappa shape index (κ2) is 9.28. The lowest BCUT2D eigenvalue weighted by Crippen LogP contribution is -2.55. The summed E-state index contributed by atoms with van der Waals surface area (Å²) in [5, 5.41) is 3.25. The van der Waals surface area contributed by atoms with Gasteiger partial charge in [-0.1, -0.05) is 11.6 Å². The minimum Gasteiger partial charge on any atom is -0.495 e. The fraction of sp³-hybridized carbons (Fsp3) is 0.579. The summed E-state index contributed by atoms with van der Waals surface area (Å²) in [6, 6.07) is 3.22. The van der Waals surface area contributed by atoms with Crippen LogP contribution in [0.5, 0.6) is 11.5 Å². The van der Waals surface area contributed by atoms with Crippen LogP contribution in [0.4, 0.5) is 5.69 Å². The maximum Gasteiger partial charge on any atom is 0.246 e. The van der Waals surface area contributed by atoms with Crippen LogP contribution in [0.1, 0.15) is 33.1 Å². The van der Waals surface area contributed by atoms with Crippen molar-refractivity contribution in [1.82, 2.24) is 5.32 Å². The first kappa shape index (κ1) is 21.3. The van der Waals surface area contributed by atoms with E-state index in [0.29, 0.717) is 54.8 Å². The summed E-state index contributed by atoms with van der Waals surface area (Å²) in [6.45, 7) is 5.39. The molecule has 1 aliphatic rings. The Bertz CT molecular complexity index is 697. The van der Waals surface area contributed by atoms with Gasteiger partial charge in [-0.3, -0.25) is 14.5 Å². The van der Waals surface area contributed by atoms with Crippen LogP contribution in [0.25, 0.3) is 0 Å². The zero-order chi connectivity index (χ0) is 20.0. The number of rotatable bonds is 9. The number of amides is 2. The van der Waals surface area contributed by atoms with Crippen LogP contribution in [-0.2, 0) is 14.3 Å². The van der Waals surface area contributed by atoms with E-state index in [-0.39, 0.29) is 18.2 Å². The number of anilines is 1. The van der Waals surface area contributed by atoms with Crippen LogP contribution in [0.2, 0.25) is 5.02 Å². The molecule has 8 heteroatoms. The molecule has 1 fully saturated rings. The van der Waals surface area contributed by atoms with E-state index in [2.05, 4.69) is 5.32 Å². The lowest BCUT2D eigenvalue weighted by molar-refractivity contribution is -0.127. The zero-order valence-corrected chi connectivity index (χ0v) is 17.0. The van der Waals surface area contributed by atoms with Crippen molar-refractivity contribution in [2.75, 3.05) is 38.9 Å². The van der Waals surface area contributed by atoms with E-state index < -0.39 is 5.54 Å². The first-order valence-electron chi connectivity index (χ1n) is 8.99. The minimum atomic E-state index is -1.02. The first-order chi connectivity index (χ1) is 12.9. The average Bonchev–Trinajstić information content (AvgIpc) is 2.96. The molecule has 1 saturated heterocycles. The zero-order valence-electron chi connectivity index (χ0n) is 16.3. The van der Waals surface area contributed by atoms with Crippen molar-refractivity contribution in [2.45, 2.75) is 38.6 Å². The molecular weight excluding hydrogens is 372 g/mol. The third kappa shape index (κ3) is 4.47. The Morgan fingerprint density at radius 1 is 1.30 bits per heavy atom. The Hall–Kier alpha value is -1.99. The Morgan fingerprint density at radius 2 is 2.00 bits per heavy atom. The molecule has 1 heterocycles. The number of carbonyl (C=O) groups excluding carboxylic acids is 2. The second-order valence-electron chi connectivity index (χ2n) is 6.47. The van der Waals surface area contributed by atoms with Gasteiger partial charge in [-0.15, -0.1) is 0 Å². The molecule has 27 heavy (non-hydrogen) atoms. The van der Waals surface area contributed by atoms with Gasteiger partial charge >= 0.3 is 0 Å². The van der Waals surface area contributed by atoms with E-state index in [1.54, 1.807) is 19.1 Å². The summed E-state index contributed by atoms with van der Waals surface area (Å²) in [5.74, 6) is 0.494. The molecule has 0 aliphatic carbocycles. The standard InChI is InChI=1S/C19H27ClN2O5/c1-5-27-10-6-9-21-18(24)19(2)8-7-17(23)22(19)14-11-13(20)15(25-3)12-16(14)26-4/h11-12H,5-10H2,1-4H3,(H,21,24)/t19-/m1/s1. The number of methoxy groups -OCH3 is 2. The largest absolute Gasteiger partial charge is 0.495 e. The normalized spacial score (nSPS) is 19.3. The van der Waals surface area contributed by atoms with Gasteiger partial charge in [0.2, 0.25) is 11.8 Å². The first-order valence-corrected chi connectivity index (χ1v) is 9.37. The van der Waals surface area contributed by atoms with E-state index in [4.69, 9.17) is 25.8 Å². The fourth-order valence-corrected chi connectivity index (χ4v) is 3.43. The van der Waals surface area contributed by atoms with E-state index in [1.165, 1.54) is 19.1 Å². The van der Waals surface area contributed by atoms with Gasteiger partial charge in [-0.2, -0.15) is 0 Å². The van der Waals surface area contributed by atoms with Crippen molar-refractivity contribution in [1.29, 1.82) is 0 Å². The van der Waals surface area contributed by atoms with Crippen molar-refractivity contribution in [3.63, 3.8) is 0 Å². The number of hydrogen-bond donors (Lipinski definition) is 1. The maximum absolute atomic E-state index is 12.9. The highest BCUT2D eigenvalue weighted by atomic mass is 35.5. The van der Waals surface area contributed by atoms with Crippen LogP contribution in [0.3, 0.4) is 0 Å². The fourth-order valence-electron chi connectivity index (χ4n) is 3.19. The summed E-state index contributed by atoms with van der Waals surface area (Å²) < 4.78 is 15.9. The van der Waals surface area contributed by atoms with Gasteiger partial charge in [-0.05, 0) is 32.8 Å². The molecule has 0 radical (unpaired) electrons. The van der Waals surface area contributed by atoms with Crippen LogP contribution in [-0.4, -0.2) is 51.3 Å². The van der Waals surface area contributed by atoms with Crippen molar-refractivity contribution in [3.05, 3.63) is 17.2 Å². The number of hydrogen-bond acceptors (Lipinski definition) is 5. The minimum absolute atomic E-state index is 0.151. The van der Waals surface area contributed by atoms with Gasteiger partial charge in [-0.25, -0.2) is 0 Å². The third-order valence-corrected chi connectivity index (χ3v) is 5.00. The number of halogens is 1. The highest BCUT2D eigenvalue weighted by molar-refractivity contribution is 6.32. The topological polar surface area (TPSA) is 77.1 Å². The molecule has 7 nitrogen and oxygen atoms in total. The number of nitrogens with zero attached hydrogens (tertiary/aromatic N) is 1. The molecule has 0 aromatic heterocycles. The van der Waals surface area contributed by atoms with Crippen molar-refractivity contribution in [3.8, 4) is 11.5 Å². The molecule has 2 rings (SSSR count). The number of nitrogens with one attached hydrogen (secondary N) is 1. The number of carbonyl (C=O) groups is 2. The molecular formula is C19H27ClN2O5. The summed E-state index contributed by atoms with van der Waals surface area (Å²) in [7, 11) is 3.00. The van der Waals surface area contributed by atoms with Crippen LogP contribution in [0.15, 0.2) is 12.1 Å². The number of ether oxygens (including phenoxy) is 3. The van der Waals surface area contributed by atoms with Crippen LogP contribution in [0, 0.1) is 0 Å². The molecule has 0 spiro atoms. The van der Waals surface area contributed by atoms with Gasteiger partial charge in [0.05, 0.1) is 24.9 Å². The van der Waals surface area contributed by atoms with E-state index in [0.717, 1.165) is 0 Å². The van der Waals surface area contributed by atoms with Crippen LogP contribution < -0.4 is 19.7 Å². The maximum atomic E-state index is 12.9. The molecule has 0 saturated carbocycles. The highest BCUT2D eigenvalue weighted by Gasteiger charge is 2.49. The van der Waals surface area contributed by atoms with Crippen LogP contribution >= 0.6 is 11.6 Å². The predicted molar refractivity (Wildman–Crippen MR) is 104 cm³/mol. The van der Waals surface area contributed by atoms with E-state index >= 15 is 0 Å². The van der Waals surface area contributed by atoms with Crippen molar-refractivity contribution < 1.29 is 23.8 Å². The Kier molecular flexibility index (Phi) is 7.33. The monoisotopic (exact) mass is 398 g/mol. The predicted octanol–water partition coefficient (Wildman–Crippen LogP) is 2.79. The summed E-state index contributed by atoms with van der Waals surface area (Å²) in [4.78, 5) is 27.0. The van der Waals surface area contributed by atoms with Crippen molar-refractivity contribution in [2.24, 2.45) is 0 Å². The molecule has 1 aromatic rings. The molecule has 0 bridgehead atoms. The molecule has 1 atom stereocenters. The second-order valence-corrected chi connectivity index (χ2v) is 6.88. The molecule has 0 unspecified atom stereocenters. The van der Waals surface area contributed by atoms with Crippen molar-refractivity contribution >= 4 is 29.1 Å². The summed E-state index contributed by atoms with van der Waals surface area (Å²) in [6.07, 6.45) is 1.40. The average molecular weight is 399 g/mol. The van der Waals surface area contributed by atoms with Gasteiger partial charge in [0.25, 0.3) is 0 Å². The molecule has 150 valence electrons. The number of benzene rings is 1. The van der Waals surface area contributed by atoms with Gasteiger partial charge < -0.3 is 19.5 Å². The Labute approximate surface area is 164 Å². The molecule has 1 aliphatic heterocycles. The van der Waals surface area contributed by atoms with Gasteiger partial charge in [0.15, 0.2) is 0 Å².